The first-order chi connectivity index (χ1) is 12.6. The lowest BCUT2D eigenvalue weighted by Gasteiger charge is -2.11. The van der Waals surface area contributed by atoms with Crippen LogP contribution in [0.5, 0.6) is 5.75 Å². The Morgan fingerprint density at radius 3 is 2.08 bits per heavy atom. The highest BCUT2D eigenvalue weighted by Gasteiger charge is 2.16. The summed E-state index contributed by atoms with van der Waals surface area (Å²) in [6, 6.07) is 25.1. The quantitative estimate of drug-likeness (QED) is 0.618. The lowest BCUT2D eigenvalue weighted by molar-refractivity contribution is 0.411. The van der Waals surface area contributed by atoms with Gasteiger partial charge in [0, 0.05) is 12.0 Å². The maximum absolute atomic E-state index is 12.7. The molecule has 0 atom stereocenters. The molecule has 0 fully saturated rings. The van der Waals surface area contributed by atoms with Gasteiger partial charge in [0.15, 0.2) is 0 Å². The van der Waals surface area contributed by atoms with E-state index < -0.39 is 10.0 Å². The van der Waals surface area contributed by atoms with Crippen molar-refractivity contribution in [2.75, 3.05) is 7.11 Å². The van der Waals surface area contributed by atoms with Crippen LogP contribution >= 0.6 is 0 Å². The number of hydrogen-bond acceptors (Lipinski definition) is 3. The molecule has 0 aliphatic rings. The highest BCUT2D eigenvalue weighted by atomic mass is 32.2. The normalized spacial score (nSPS) is 12.0. The Hall–Kier alpha value is -2.92. The predicted molar refractivity (Wildman–Crippen MR) is 103 cm³/mol. The van der Waals surface area contributed by atoms with Crippen molar-refractivity contribution >= 4 is 15.7 Å². The van der Waals surface area contributed by atoms with E-state index in [0.717, 1.165) is 11.1 Å². The molecule has 0 aliphatic heterocycles. The van der Waals surface area contributed by atoms with Gasteiger partial charge in [0.1, 0.15) is 5.75 Å². The Bertz CT molecular complexity index is 998. The fourth-order valence-corrected chi connectivity index (χ4v) is 3.70. The van der Waals surface area contributed by atoms with Crippen LogP contribution in [0.4, 0.5) is 0 Å². The average molecular weight is 365 g/mol. The van der Waals surface area contributed by atoms with Gasteiger partial charge in [-0.05, 0) is 23.8 Å². The molecule has 132 valence electrons. The minimum Gasteiger partial charge on any atom is -0.496 e. The van der Waals surface area contributed by atoms with Crippen LogP contribution in [0.15, 0.2) is 94.2 Å². The third-order valence-electron chi connectivity index (χ3n) is 3.93. The van der Waals surface area contributed by atoms with E-state index in [9.17, 15) is 8.42 Å². The van der Waals surface area contributed by atoms with E-state index in [2.05, 4.69) is 4.40 Å². The number of rotatable bonds is 6. The van der Waals surface area contributed by atoms with Crippen molar-refractivity contribution in [3.63, 3.8) is 0 Å². The van der Waals surface area contributed by atoms with Crippen molar-refractivity contribution in [3.8, 4) is 5.75 Å². The van der Waals surface area contributed by atoms with Crippen molar-refractivity contribution in [1.29, 1.82) is 0 Å². The zero-order valence-corrected chi connectivity index (χ0v) is 15.2. The van der Waals surface area contributed by atoms with Crippen molar-refractivity contribution in [2.45, 2.75) is 11.3 Å². The molecule has 26 heavy (non-hydrogen) atoms. The molecule has 0 radical (unpaired) electrons. The molecule has 0 saturated heterocycles. The van der Waals surface area contributed by atoms with Crippen LogP contribution in [0.25, 0.3) is 0 Å². The summed E-state index contributed by atoms with van der Waals surface area (Å²) >= 11 is 0. The first-order valence-electron chi connectivity index (χ1n) is 8.16. The SMILES string of the molecule is COc1ccccc1C/C(=N/S(=O)(=O)c1ccccc1)c1ccccc1. The van der Waals surface area contributed by atoms with Gasteiger partial charge < -0.3 is 4.74 Å². The minimum absolute atomic E-state index is 0.174. The van der Waals surface area contributed by atoms with Crippen molar-refractivity contribution in [2.24, 2.45) is 4.40 Å². The lowest BCUT2D eigenvalue weighted by Crippen LogP contribution is -2.10. The van der Waals surface area contributed by atoms with Crippen LogP contribution in [0.3, 0.4) is 0 Å². The monoisotopic (exact) mass is 365 g/mol. The third-order valence-corrected chi connectivity index (χ3v) is 5.26. The van der Waals surface area contributed by atoms with Crippen molar-refractivity contribution in [1.82, 2.24) is 0 Å². The van der Waals surface area contributed by atoms with Crippen LogP contribution < -0.4 is 4.74 Å². The fourth-order valence-electron chi connectivity index (χ4n) is 2.64. The van der Waals surface area contributed by atoms with Gasteiger partial charge in [0.2, 0.25) is 0 Å². The molecule has 0 spiro atoms. The van der Waals surface area contributed by atoms with Crippen LogP contribution in [-0.4, -0.2) is 21.2 Å². The summed E-state index contributed by atoms with van der Waals surface area (Å²) in [6.45, 7) is 0. The summed E-state index contributed by atoms with van der Waals surface area (Å²) in [5, 5.41) is 0. The summed E-state index contributed by atoms with van der Waals surface area (Å²) in [5.74, 6) is 0.702. The van der Waals surface area contributed by atoms with Gasteiger partial charge in [-0.2, -0.15) is 12.8 Å². The van der Waals surface area contributed by atoms with Gasteiger partial charge in [-0.25, -0.2) is 0 Å². The zero-order chi connectivity index (χ0) is 18.4. The molecule has 0 N–H and O–H groups in total. The molecule has 0 heterocycles. The number of methoxy groups -OCH3 is 1. The summed E-state index contributed by atoms with van der Waals surface area (Å²) in [7, 11) is -2.20. The molecule has 0 saturated carbocycles. The number of benzene rings is 3. The van der Waals surface area contributed by atoms with Gasteiger partial charge in [-0.3, -0.25) is 0 Å². The van der Waals surface area contributed by atoms with E-state index in [4.69, 9.17) is 4.74 Å². The fraction of sp³-hybridized carbons (Fsp3) is 0.0952. The van der Waals surface area contributed by atoms with Gasteiger partial charge in [0.25, 0.3) is 10.0 Å². The first-order valence-corrected chi connectivity index (χ1v) is 9.60. The lowest BCUT2D eigenvalue weighted by atomic mass is 10.0. The van der Waals surface area contributed by atoms with E-state index in [0.29, 0.717) is 17.9 Å². The zero-order valence-electron chi connectivity index (χ0n) is 14.4. The maximum Gasteiger partial charge on any atom is 0.282 e. The smallest absolute Gasteiger partial charge is 0.282 e. The van der Waals surface area contributed by atoms with Crippen molar-refractivity contribution < 1.29 is 13.2 Å². The highest BCUT2D eigenvalue weighted by Crippen LogP contribution is 2.21. The van der Waals surface area contributed by atoms with E-state index in [1.165, 1.54) is 0 Å². The molecule has 0 aromatic heterocycles. The minimum atomic E-state index is -3.80. The number of hydrogen-bond donors (Lipinski definition) is 0. The number of nitrogens with zero attached hydrogens (tertiary/aromatic N) is 1. The summed E-state index contributed by atoms with van der Waals surface area (Å²) < 4.78 is 35.0. The molecule has 0 unspecified atom stereocenters. The van der Waals surface area contributed by atoms with Crippen LogP contribution in [0.1, 0.15) is 11.1 Å². The van der Waals surface area contributed by atoms with Gasteiger partial charge in [-0.1, -0.05) is 66.7 Å². The molecule has 0 amide bonds. The first kappa shape index (κ1) is 17.9. The largest absolute Gasteiger partial charge is 0.496 e. The van der Waals surface area contributed by atoms with Crippen molar-refractivity contribution in [3.05, 3.63) is 96.1 Å². The molecule has 0 bridgehead atoms. The molecule has 5 heteroatoms. The molecule has 0 aliphatic carbocycles. The molecule has 3 aromatic carbocycles. The van der Waals surface area contributed by atoms with E-state index >= 15 is 0 Å². The number of ether oxygens (including phenoxy) is 1. The second-order valence-corrected chi connectivity index (χ2v) is 7.28. The highest BCUT2D eigenvalue weighted by molar-refractivity contribution is 7.90. The van der Waals surface area contributed by atoms with Gasteiger partial charge in [0.05, 0.1) is 17.7 Å². The van der Waals surface area contributed by atoms with Crippen LogP contribution in [0.2, 0.25) is 0 Å². The maximum atomic E-state index is 12.7. The Morgan fingerprint density at radius 2 is 1.42 bits per heavy atom. The third kappa shape index (κ3) is 4.18. The van der Waals surface area contributed by atoms with Crippen LogP contribution in [-0.2, 0) is 16.4 Å². The molecule has 4 nitrogen and oxygen atoms in total. The Labute approximate surface area is 153 Å². The Balaban J connectivity index is 2.07. The van der Waals surface area contributed by atoms with Crippen LogP contribution in [0, 0.1) is 0 Å². The molecular formula is C21H19NO3S. The summed E-state index contributed by atoms with van der Waals surface area (Å²) in [4.78, 5) is 0.174. The van der Waals surface area contributed by atoms with E-state index in [1.807, 2.05) is 54.6 Å². The number of sulfonamides is 1. The summed E-state index contributed by atoms with van der Waals surface area (Å²) in [6.07, 6.45) is 0.347. The number of para-hydroxylation sites is 1. The second-order valence-electron chi connectivity index (χ2n) is 5.68. The average Bonchev–Trinajstić information content (AvgIpc) is 2.69. The van der Waals surface area contributed by atoms with E-state index in [1.54, 1.807) is 37.4 Å². The Kier molecular flexibility index (Phi) is 5.49. The van der Waals surface area contributed by atoms with E-state index in [-0.39, 0.29) is 4.90 Å². The summed E-state index contributed by atoms with van der Waals surface area (Å²) in [5.41, 5.74) is 2.11. The standard InChI is InChI=1S/C21H19NO3S/c1-25-21-15-9-8-12-18(21)16-20(17-10-4-2-5-11-17)22-26(23,24)19-13-6-3-7-14-19/h2-15H,16H2,1H3/b22-20-. The Morgan fingerprint density at radius 1 is 0.846 bits per heavy atom. The topological polar surface area (TPSA) is 55.7 Å². The van der Waals surface area contributed by atoms with Gasteiger partial charge in [-0.15, -0.1) is 0 Å². The molecule has 3 aromatic rings. The predicted octanol–water partition coefficient (Wildman–Crippen LogP) is 4.12. The molecular weight excluding hydrogens is 346 g/mol. The second kappa shape index (κ2) is 7.97. The molecule has 3 rings (SSSR count). The van der Waals surface area contributed by atoms with Gasteiger partial charge >= 0.3 is 0 Å².